The van der Waals surface area contributed by atoms with Crippen LogP contribution < -0.4 is 42.6 Å². The number of carboxylic acid groups (broad SMARTS) is 4. The molecule has 1 aliphatic rings. The summed E-state index contributed by atoms with van der Waals surface area (Å²) in [5.74, 6) is -7.10. The number of carbonyl (C=O) groups excluding carboxylic acids is 6. The molecule has 338 valence electrons. The van der Waals surface area contributed by atoms with E-state index in [0.717, 1.165) is 5.56 Å². The minimum atomic E-state index is -1.42. The summed E-state index contributed by atoms with van der Waals surface area (Å²) in [5, 5.41) is 52.9. The van der Waals surface area contributed by atoms with Crippen LogP contribution in [0.2, 0.25) is 0 Å². The van der Waals surface area contributed by atoms with Crippen LogP contribution in [-0.4, -0.2) is 137 Å². The Hall–Kier alpha value is -5.77. The molecule has 0 bridgehead atoms. The Morgan fingerprint density at radius 3 is 2.27 bits per heavy atom. The number of aromatic amines is 1. The Morgan fingerprint density at radius 1 is 0.903 bits per heavy atom. The maximum atomic E-state index is 12.9. The van der Waals surface area contributed by atoms with Crippen molar-refractivity contribution in [3.63, 3.8) is 0 Å². The molecule has 2 aromatic carbocycles. The van der Waals surface area contributed by atoms with E-state index in [1.807, 2.05) is 0 Å². The van der Waals surface area contributed by atoms with Crippen molar-refractivity contribution in [3.05, 3.63) is 63.9 Å². The number of Topliss-reactive ketones (excluding diaryl/α,β-unsaturated/α-hetero) is 1. The molecular weight excluding hydrogens is 866 g/mol. The number of hydrogen-bond donors (Lipinski definition) is 6. The maximum absolute atomic E-state index is 12.9. The number of benzene rings is 2. The zero-order chi connectivity index (χ0) is 43.8. The average Bonchev–Trinajstić information content (AvgIpc) is 3.27. The first kappa shape index (κ1) is 52.4. The first-order valence-electron chi connectivity index (χ1n) is 19.6. The molecule has 1 fully saturated rings. The summed E-state index contributed by atoms with van der Waals surface area (Å²) >= 11 is 0. The zero-order valence-corrected chi connectivity index (χ0v) is 32.9. The first-order chi connectivity index (χ1) is 28.6. The van der Waals surface area contributed by atoms with Gasteiger partial charge in [-0.15, -0.1) is 0 Å². The Bertz CT molecular complexity index is 2050. The van der Waals surface area contributed by atoms with E-state index >= 15 is 0 Å². The van der Waals surface area contributed by atoms with Crippen LogP contribution in [0.3, 0.4) is 0 Å². The van der Waals surface area contributed by atoms with Gasteiger partial charge < -0.3 is 56.5 Å². The van der Waals surface area contributed by atoms with Crippen molar-refractivity contribution in [2.75, 3.05) is 50.3 Å². The summed E-state index contributed by atoms with van der Waals surface area (Å²) in [6.07, 6.45) is 0.0518. The number of aromatic nitrogens is 2. The van der Waals surface area contributed by atoms with Crippen LogP contribution in [0.4, 0.5) is 11.6 Å². The van der Waals surface area contributed by atoms with Gasteiger partial charge in [-0.1, -0.05) is 13.5 Å². The normalized spacial score (nSPS) is 15.5. The van der Waals surface area contributed by atoms with Gasteiger partial charge in [0.2, 0.25) is 11.9 Å². The van der Waals surface area contributed by atoms with Gasteiger partial charge in [-0.25, -0.2) is 9.78 Å². The van der Waals surface area contributed by atoms with E-state index < -0.39 is 54.3 Å². The summed E-state index contributed by atoms with van der Waals surface area (Å²) in [7, 11) is 0. The molecule has 2 unspecified atom stereocenters. The van der Waals surface area contributed by atoms with Gasteiger partial charge in [0, 0.05) is 75.2 Å². The van der Waals surface area contributed by atoms with Crippen molar-refractivity contribution >= 4 is 83.8 Å². The summed E-state index contributed by atoms with van der Waals surface area (Å²) in [5.41, 5.74) is 7.33. The molecule has 3 aromatic rings. The number of fused-ring (bicyclic) bond motifs is 1. The van der Waals surface area contributed by atoms with Crippen molar-refractivity contribution < 1.29 is 54.0 Å². The molecule has 20 nitrogen and oxygen atoms in total. The number of anilines is 2. The quantitative estimate of drug-likeness (QED) is 0.0427. The van der Waals surface area contributed by atoms with E-state index in [2.05, 4.69) is 25.9 Å². The van der Waals surface area contributed by atoms with Crippen LogP contribution in [0.5, 0.6) is 0 Å². The van der Waals surface area contributed by atoms with E-state index in [9.17, 15) is 58.8 Å². The number of nitrogens with zero attached hydrogens (tertiary/aromatic N) is 3. The summed E-state index contributed by atoms with van der Waals surface area (Å²) in [4.78, 5) is 106. The van der Waals surface area contributed by atoms with Gasteiger partial charge in [0.25, 0.3) is 11.5 Å². The molecule has 1 aliphatic heterocycles. The van der Waals surface area contributed by atoms with Gasteiger partial charge in [-0.3, -0.25) is 34.0 Å². The van der Waals surface area contributed by atoms with Gasteiger partial charge >= 0.3 is 25.8 Å². The molecule has 2 amide bonds. The van der Waals surface area contributed by atoms with Crippen molar-refractivity contribution in [2.45, 2.75) is 83.8 Å². The molecule has 0 radical (unpaired) electrons. The fourth-order valence-corrected chi connectivity index (χ4v) is 6.95. The monoisotopic (exact) mass is 921 g/mol. The van der Waals surface area contributed by atoms with Crippen LogP contribution in [0.15, 0.2) is 47.3 Å². The second-order valence-corrected chi connectivity index (χ2v) is 14.7. The van der Waals surface area contributed by atoms with Gasteiger partial charge in [0.05, 0.1) is 22.8 Å². The molecule has 3 atom stereocenters. The first-order valence-corrected chi connectivity index (χ1v) is 19.6. The fourth-order valence-electron chi connectivity index (χ4n) is 6.95. The molecular formula is C41H56GaN8O12-3. The van der Waals surface area contributed by atoms with Crippen molar-refractivity contribution in [2.24, 2.45) is 5.92 Å². The molecule has 4 rings (SSSR count). The predicted molar refractivity (Wildman–Crippen MR) is 226 cm³/mol. The van der Waals surface area contributed by atoms with Crippen molar-refractivity contribution in [1.82, 2.24) is 30.4 Å². The van der Waals surface area contributed by atoms with E-state index in [4.69, 9.17) is 5.73 Å². The Balaban J connectivity index is 0.00000661. The van der Waals surface area contributed by atoms with Gasteiger partial charge in [-0.05, 0) is 99.5 Å². The number of carbonyl (C=O) groups is 7. The molecule has 62 heavy (non-hydrogen) atoms. The number of hydrogen-bond acceptors (Lipinski definition) is 16. The number of nitrogens with two attached hydrogens (primary N) is 1. The third-order valence-corrected chi connectivity index (χ3v) is 10.2. The Labute approximate surface area is 371 Å². The Kier molecular flexibility index (Phi) is 21.9. The number of nitrogens with one attached hydrogen (secondary N) is 4. The molecule has 1 saturated heterocycles. The standard InChI is InChI=1S/C40H52N8O12.CH4.Ga.3H/c41-40-45-30-9-3-25(20-29(30)37(56)46-40)22-43-27-6-4-26(5-7-27)36(55)44-31(38(57)58)10-12-33(50)42-15-1-2-28(49)8-11-32(39(59)60)48-17-14-24(21-34(51)52)13-16-47(18-19-48)23-35(53)54;;;;;/h3-7,9,20,24,31-32,43H,1-2,8,10-19,21-23H2,(H,42,50)(H,44,55)(H,51,52)(H,53,54)(H,57,58)(H,59,60)(H3,41,45,46,56);1H4;;;;/p-3/t24?,31-,32?;;;;;/m0...../s1. The number of nitrogen functional groups attached to an aromatic ring is 1. The zero-order valence-electron chi connectivity index (χ0n) is 32.9. The summed E-state index contributed by atoms with van der Waals surface area (Å²) < 4.78 is 0. The molecule has 2 heterocycles. The SMILES string of the molecule is C.Nc1nc2ccc(CNc3ccc(C(=O)N[C@@H](CCC(=O)NCCCC(=O)CCC(C(=O)[O-])N4CCC(CC(=O)[O-])CCN(CC(=O)[O-])CC4)C(=O)O)cc3)cc2c(=O)[nH]1.[GaH3]. The van der Waals surface area contributed by atoms with Crippen LogP contribution in [0.25, 0.3) is 10.9 Å². The number of carboxylic acids is 4. The van der Waals surface area contributed by atoms with Gasteiger partial charge in [-0.2, -0.15) is 0 Å². The van der Waals surface area contributed by atoms with Gasteiger partial charge in [0.15, 0.2) is 0 Å². The minimum absolute atomic E-state index is 0. The Morgan fingerprint density at radius 2 is 1.61 bits per heavy atom. The topological polar surface area (TPSA) is 323 Å². The van der Waals surface area contributed by atoms with E-state index in [0.29, 0.717) is 36.0 Å². The summed E-state index contributed by atoms with van der Waals surface area (Å²) in [6, 6.07) is 8.89. The van der Waals surface area contributed by atoms with Crippen molar-refractivity contribution in [3.8, 4) is 0 Å². The third-order valence-electron chi connectivity index (χ3n) is 10.2. The van der Waals surface area contributed by atoms with Crippen LogP contribution in [0.1, 0.15) is 81.1 Å². The van der Waals surface area contributed by atoms with E-state index in [1.54, 1.807) is 40.1 Å². The van der Waals surface area contributed by atoms with Gasteiger partial charge in [0.1, 0.15) is 11.8 Å². The molecule has 0 saturated carbocycles. The number of amides is 2. The van der Waals surface area contributed by atoms with Crippen LogP contribution in [0, 0.1) is 5.92 Å². The number of rotatable bonds is 22. The molecule has 21 heteroatoms. The summed E-state index contributed by atoms with van der Waals surface area (Å²) in [6.45, 7) is 0.858. The van der Waals surface area contributed by atoms with Crippen molar-refractivity contribution in [1.29, 1.82) is 0 Å². The van der Waals surface area contributed by atoms with E-state index in [-0.39, 0.29) is 134 Å². The van der Waals surface area contributed by atoms with E-state index in [1.165, 1.54) is 12.1 Å². The third kappa shape index (κ3) is 17.3. The average molecular weight is 923 g/mol. The van der Waals surface area contributed by atoms with Crippen LogP contribution in [-0.2, 0) is 35.3 Å². The predicted octanol–water partition coefficient (Wildman–Crippen LogP) is -3.20. The number of H-pyrrole nitrogens is 1. The molecule has 0 spiro atoms. The second kappa shape index (κ2) is 25.9. The fraction of sp³-hybridized carbons (Fsp3) is 0.488. The molecule has 0 aliphatic carbocycles. The molecule has 7 N–H and O–H groups in total. The second-order valence-electron chi connectivity index (χ2n) is 14.7. The number of ketones is 1. The van der Waals surface area contributed by atoms with Crippen LogP contribution >= 0.6 is 0 Å². The number of aliphatic carboxylic acids is 4. The molecule has 1 aromatic heterocycles.